The van der Waals surface area contributed by atoms with Crippen molar-refractivity contribution in [2.75, 3.05) is 18.4 Å². The summed E-state index contributed by atoms with van der Waals surface area (Å²) in [6.45, 7) is 1.62. The van der Waals surface area contributed by atoms with E-state index in [1.165, 1.54) is 46.1 Å². The van der Waals surface area contributed by atoms with Gasteiger partial charge < -0.3 is 15.6 Å². The van der Waals surface area contributed by atoms with Crippen LogP contribution < -0.4 is 10.6 Å². The quantitative estimate of drug-likeness (QED) is 0.260. The minimum Gasteiger partial charge on any atom is -0.384 e. The SMILES string of the molecule is O=C(CCCCCNc1c2c(nc3ccccc13)CCCC2)NCCc1c[nH]c2ccccc12. The summed E-state index contributed by atoms with van der Waals surface area (Å²) in [5, 5.41) is 9.28. The first kappa shape index (κ1) is 22.5. The van der Waals surface area contributed by atoms with E-state index in [2.05, 4.69) is 58.1 Å². The molecule has 2 aromatic carbocycles. The lowest BCUT2D eigenvalue weighted by molar-refractivity contribution is -0.121. The number of hydrogen-bond acceptors (Lipinski definition) is 3. The molecule has 0 aliphatic heterocycles. The summed E-state index contributed by atoms with van der Waals surface area (Å²) >= 11 is 0. The van der Waals surface area contributed by atoms with Gasteiger partial charge in [0.15, 0.2) is 0 Å². The lowest BCUT2D eigenvalue weighted by Crippen LogP contribution is -2.25. The van der Waals surface area contributed by atoms with Crippen molar-refractivity contribution in [2.45, 2.75) is 57.8 Å². The number of carbonyl (C=O) groups is 1. The number of benzene rings is 2. The van der Waals surface area contributed by atoms with Gasteiger partial charge in [0.25, 0.3) is 0 Å². The zero-order chi connectivity index (χ0) is 23.2. The molecule has 1 amide bonds. The van der Waals surface area contributed by atoms with Gasteiger partial charge in [-0.3, -0.25) is 9.78 Å². The molecule has 5 nitrogen and oxygen atoms in total. The average Bonchev–Trinajstić information content (AvgIpc) is 3.28. The van der Waals surface area contributed by atoms with Crippen LogP contribution in [0.2, 0.25) is 0 Å². The van der Waals surface area contributed by atoms with Gasteiger partial charge in [0.05, 0.1) is 5.52 Å². The van der Waals surface area contributed by atoms with Crippen LogP contribution in [-0.4, -0.2) is 29.0 Å². The number of fused-ring (bicyclic) bond motifs is 3. The van der Waals surface area contributed by atoms with Gasteiger partial charge in [-0.25, -0.2) is 0 Å². The predicted octanol–water partition coefficient (Wildman–Crippen LogP) is 5.93. The number of rotatable bonds is 10. The molecular weight excluding hydrogens is 420 g/mol. The maximum atomic E-state index is 12.3. The van der Waals surface area contributed by atoms with Crippen LogP contribution >= 0.6 is 0 Å². The molecule has 0 saturated heterocycles. The third-order valence-corrected chi connectivity index (χ3v) is 6.94. The molecule has 5 heteroatoms. The van der Waals surface area contributed by atoms with Gasteiger partial charge in [-0.1, -0.05) is 42.8 Å². The Bertz CT molecular complexity index is 1280. The van der Waals surface area contributed by atoms with Crippen LogP contribution in [0.25, 0.3) is 21.8 Å². The highest BCUT2D eigenvalue weighted by atomic mass is 16.1. The highest BCUT2D eigenvalue weighted by molar-refractivity contribution is 5.93. The third-order valence-electron chi connectivity index (χ3n) is 6.94. The van der Waals surface area contributed by atoms with Crippen LogP contribution in [0.3, 0.4) is 0 Å². The van der Waals surface area contributed by atoms with Gasteiger partial charge in [-0.2, -0.15) is 0 Å². The van der Waals surface area contributed by atoms with Crippen LogP contribution in [0.5, 0.6) is 0 Å². The standard InChI is InChI=1S/C29H34N4O/c34-28(30-19-17-21-20-32-25-13-6-3-10-22(21)25)16-2-1-9-18-31-29-23-11-4-7-14-26(23)33-27-15-8-5-12-24(27)29/h3-4,6-7,10-11,13-14,20,32H,1-2,5,8-9,12,15-19H2,(H,30,34)(H,31,33). The summed E-state index contributed by atoms with van der Waals surface area (Å²) in [7, 11) is 0. The van der Waals surface area contributed by atoms with E-state index < -0.39 is 0 Å². The van der Waals surface area contributed by atoms with E-state index in [1.807, 2.05) is 12.3 Å². The number of aromatic amines is 1. The van der Waals surface area contributed by atoms with Crippen LogP contribution in [0.4, 0.5) is 5.69 Å². The van der Waals surface area contributed by atoms with E-state index in [0.717, 1.165) is 56.1 Å². The lowest BCUT2D eigenvalue weighted by atomic mass is 9.92. The number of hydrogen-bond donors (Lipinski definition) is 3. The molecule has 3 N–H and O–H groups in total. The Hall–Kier alpha value is -3.34. The van der Waals surface area contributed by atoms with Gasteiger partial charge in [-0.05, 0) is 68.2 Å². The number of pyridine rings is 1. The fourth-order valence-corrected chi connectivity index (χ4v) is 5.14. The van der Waals surface area contributed by atoms with Gasteiger partial charge in [0.1, 0.15) is 0 Å². The van der Waals surface area contributed by atoms with E-state index >= 15 is 0 Å². The van der Waals surface area contributed by atoms with E-state index in [1.54, 1.807) is 0 Å². The first-order chi connectivity index (χ1) is 16.8. The van der Waals surface area contributed by atoms with Gasteiger partial charge in [0.2, 0.25) is 5.91 Å². The summed E-state index contributed by atoms with van der Waals surface area (Å²) in [4.78, 5) is 20.5. The number of aromatic nitrogens is 2. The normalized spacial score (nSPS) is 13.2. The zero-order valence-corrected chi connectivity index (χ0v) is 19.8. The maximum absolute atomic E-state index is 12.3. The first-order valence-corrected chi connectivity index (χ1v) is 12.8. The number of nitrogens with zero attached hydrogens (tertiary/aromatic N) is 1. The molecule has 1 aliphatic carbocycles. The number of anilines is 1. The molecule has 34 heavy (non-hydrogen) atoms. The minimum absolute atomic E-state index is 0.155. The highest BCUT2D eigenvalue weighted by Gasteiger charge is 2.17. The van der Waals surface area contributed by atoms with Crippen molar-refractivity contribution < 1.29 is 4.79 Å². The van der Waals surface area contributed by atoms with Crippen LogP contribution in [0, 0.1) is 0 Å². The topological polar surface area (TPSA) is 69.8 Å². The molecule has 0 radical (unpaired) electrons. The van der Waals surface area contributed by atoms with Crippen molar-refractivity contribution in [3.63, 3.8) is 0 Å². The number of nitrogens with one attached hydrogen (secondary N) is 3. The number of aryl methyl sites for hydroxylation is 1. The molecule has 1 aliphatic rings. The Kier molecular flexibility index (Phi) is 7.08. The molecular formula is C29H34N4O. The summed E-state index contributed by atoms with van der Waals surface area (Å²) in [6, 6.07) is 16.8. The van der Waals surface area contributed by atoms with Crippen molar-refractivity contribution in [3.8, 4) is 0 Å². The Morgan fingerprint density at radius 3 is 2.68 bits per heavy atom. The number of unbranched alkanes of at least 4 members (excludes halogenated alkanes) is 2. The van der Waals surface area contributed by atoms with Crippen molar-refractivity contribution >= 4 is 33.4 Å². The van der Waals surface area contributed by atoms with Crippen LogP contribution in [0.15, 0.2) is 54.7 Å². The second kappa shape index (κ2) is 10.7. The highest BCUT2D eigenvalue weighted by Crippen LogP contribution is 2.33. The molecule has 0 spiro atoms. The van der Waals surface area contributed by atoms with Crippen molar-refractivity contribution in [2.24, 2.45) is 0 Å². The summed E-state index contributed by atoms with van der Waals surface area (Å²) in [6.07, 6.45) is 11.2. The first-order valence-electron chi connectivity index (χ1n) is 12.8. The van der Waals surface area contributed by atoms with Crippen molar-refractivity contribution in [3.05, 3.63) is 71.5 Å². The molecule has 0 atom stereocenters. The summed E-state index contributed by atoms with van der Waals surface area (Å²) in [5.41, 5.74) is 7.48. The average molecular weight is 455 g/mol. The monoisotopic (exact) mass is 454 g/mol. The second-order valence-electron chi connectivity index (χ2n) is 9.33. The number of amides is 1. The van der Waals surface area contributed by atoms with E-state index in [9.17, 15) is 4.79 Å². The Morgan fingerprint density at radius 1 is 0.912 bits per heavy atom. The van der Waals surface area contributed by atoms with Gasteiger partial charge in [0, 0.05) is 53.4 Å². The predicted molar refractivity (Wildman–Crippen MR) is 140 cm³/mol. The number of para-hydroxylation sites is 2. The lowest BCUT2D eigenvalue weighted by Gasteiger charge is -2.21. The zero-order valence-electron chi connectivity index (χ0n) is 19.8. The smallest absolute Gasteiger partial charge is 0.220 e. The molecule has 2 aromatic heterocycles. The summed E-state index contributed by atoms with van der Waals surface area (Å²) < 4.78 is 0. The fraction of sp³-hybridized carbons (Fsp3) is 0.379. The molecule has 0 bridgehead atoms. The van der Waals surface area contributed by atoms with Crippen molar-refractivity contribution in [1.29, 1.82) is 0 Å². The van der Waals surface area contributed by atoms with Crippen molar-refractivity contribution in [1.82, 2.24) is 15.3 Å². The van der Waals surface area contributed by atoms with Crippen LogP contribution in [-0.2, 0) is 24.1 Å². The maximum Gasteiger partial charge on any atom is 0.220 e. The molecule has 0 fully saturated rings. The Labute approximate surface area is 201 Å². The molecule has 0 unspecified atom stereocenters. The number of H-pyrrole nitrogens is 1. The molecule has 0 saturated carbocycles. The molecule has 4 aromatic rings. The fourth-order valence-electron chi connectivity index (χ4n) is 5.14. The van der Waals surface area contributed by atoms with Gasteiger partial charge in [-0.15, -0.1) is 0 Å². The Morgan fingerprint density at radius 2 is 1.74 bits per heavy atom. The van der Waals surface area contributed by atoms with Crippen LogP contribution in [0.1, 0.15) is 55.3 Å². The molecule has 5 rings (SSSR count). The van der Waals surface area contributed by atoms with E-state index in [-0.39, 0.29) is 5.91 Å². The van der Waals surface area contributed by atoms with Gasteiger partial charge >= 0.3 is 0 Å². The minimum atomic E-state index is 0.155. The second-order valence-corrected chi connectivity index (χ2v) is 9.33. The largest absolute Gasteiger partial charge is 0.384 e. The third kappa shape index (κ3) is 5.09. The molecule has 176 valence electrons. The Balaban J connectivity index is 1.04. The number of carbonyl (C=O) groups excluding carboxylic acids is 1. The molecule has 2 heterocycles. The van der Waals surface area contributed by atoms with E-state index in [0.29, 0.717) is 13.0 Å². The van der Waals surface area contributed by atoms with E-state index in [4.69, 9.17) is 4.98 Å². The summed E-state index contributed by atoms with van der Waals surface area (Å²) in [5.74, 6) is 0.155.